The standard InChI is InChI=1S/C12H8Cl2F2OS/c13-11-5-8(12(14)18-11)10(17)3-6-1-2-7(15)4-9(6)16/h1-2,4-5,10,17H,3H2. The lowest BCUT2D eigenvalue weighted by Gasteiger charge is -2.10. The van der Waals surface area contributed by atoms with Crippen molar-refractivity contribution in [2.75, 3.05) is 0 Å². The molecule has 0 fully saturated rings. The molecule has 0 radical (unpaired) electrons. The minimum absolute atomic E-state index is 0.0128. The maximum absolute atomic E-state index is 13.4. The first-order valence-electron chi connectivity index (χ1n) is 5.04. The molecule has 18 heavy (non-hydrogen) atoms. The van der Waals surface area contributed by atoms with Crippen LogP contribution in [0.25, 0.3) is 0 Å². The van der Waals surface area contributed by atoms with E-state index in [0.717, 1.165) is 23.5 Å². The third-order valence-corrected chi connectivity index (χ3v) is 3.99. The van der Waals surface area contributed by atoms with E-state index in [0.29, 0.717) is 14.2 Å². The fourth-order valence-corrected chi connectivity index (χ4v) is 3.15. The van der Waals surface area contributed by atoms with Gasteiger partial charge in [-0.2, -0.15) is 0 Å². The van der Waals surface area contributed by atoms with Crippen LogP contribution < -0.4 is 0 Å². The van der Waals surface area contributed by atoms with Gasteiger partial charge in [0.2, 0.25) is 0 Å². The molecule has 0 aliphatic carbocycles. The molecule has 0 amide bonds. The first-order valence-corrected chi connectivity index (χ1v) is 6.61. The molecule has 6 heteroatoms. The largest absolute Gasteiger partial charge is 0.388 e. The van der Waals surface area contributed by atoms with Crippen molar-refractivity contribution in [2.45, 2.75) is 12.5 Å². The molecule has 96 valence electrons. The van der Waals surface area contributed by atoms with Crippen molar-refractivity contribution < 1.29 is 13.9 Å². The first-order chi connectivity index (χ1) is 8.47. The molecule has 1 unspecified atom stereocenters. The molecule has 0 saturated carbocycles. The number of aliphatic hydroxyl groups excluding tert-OH is 1. The van der Waals surface area contributed by atoms with Crippen LogP contribution in [0.4, 0.5) is 8.78 Å². The molecule has 2 aromatic rings. The Bertz CT molecular complexity index is 571. The zero-order valence-corrected chi connectivity index (χ0v) is 11.3. The van der Waals surface area contributed by atoms with Crippen LogP contribution in [0, 0.1) is 11.6 Å². The van der Waals surface area contributed by atoms with Gasteiger partial charge in [-0.1, -0.05) is 29.3 Å². The molecule has 0 saturated heterocycles. The number of halogens is 4. The lowest BCUT2D eigenvalue weighted by Crippen LogP contribution is -2.03. The van der Waals surface area contributed by atoms with Gasteiger partial charge in [-0.15, -0.1) is 11.3 Å². The van der Waals surface area contributed by atoms with Crippen LogP contribution in [0.3, 0.4) is 0 Å². The number of hydrogen-bond acceptors (Lipinski definition) is 2. The van der Waals surface area contributed by atoms with Crippen molar-refractivity contribution in [3.8, 4) is 0 Å². The quantitative estimate of drug-likeness (QED) is 0.878. The summed E-state index contributed by atoms with van der Waals surface area (Å²) < 4.78 is 27.0. The Morgan fingerprint density at radius 1 is 1.22 bits per heavy atom. The number of aliphatic hydroxyl groups is 1. The summed E-state index contributed by atoms with van der Waals surface area (Å²) in [5.74, 6) is -1.34. The average Bonchev–Trinajstić information content (AvgIpc) is 2.62. The van der Waals surface area contributed by atoms with Gasteiger partial charge in [-0.25, -0.2) is 8.78 Å². The minimum Gasteiger partial charge on any atom is -0.388 e. The molecule has 1 atom stereocenters. The first kappa shape index (κ1) is 13.7. The Morgan fingerprint density at radius 2 is 1.94 bits per heavy atom. The highest BCUT2D eigenvalue weighted by atomic mass is 35.5. The predicted molar refractivity (Wildman–Crippen MR) is 69.4 cm³/mol. The van der Waals surface area contributed by atoms with Crippen molar-refractivity contribution in [3.05, 3.63) is 55.7 Å². The van der Waals surface area contributed by atoms with E-state index in [9.17, 15) is 13.9 Å². The molecule has 1 aromatic carbocycles. The van der Waals surface area contributed by atoms with Crippen LogP contribution in [0.1, 0.15) is 17.2 Å². The van der Waals surface area contributed by atoms with Crippen molar-refractivity contribution >= 4 is 34.5 Å². The second-order valence-corrected chi connectivity index (χ2v) is 6.02. The number of rotatable bonds is 3. The topological polar surface area (TPSA) is 20.2 Å². The molecule has 1 nitrogen and oxygen atoms in total. The lowest BCUT2D eigenvalue weighted by atomic mass is 10.0. The molecule has 2 rings (SSSR count). The van der Waals surface area contributed by atoms with E-state index in [4.69, 9.17) is 23.2 Å². The Hall–Kier alpha value is -0.680. The highest BCUT2D eigenvalue weighted by Gasteiger charge is 2.17. The van der Waals surface area contributed by atoms with E-state index < -0.39 is 17.7 Å². The molecule has 0 bridgehead atoms. The van der Waals surface area contributed by atoms with Gasteiger partial charge in [0.05, 0.1) is 10.4 Å². The second-order valence-electron chi connectivity index (χ2n) is 3.74. The number of benzene rings is 1. The van der Waals surface area contributed by atoms with E-state index in [2.05, 4.69) is 0 Å². The summed E-state index contributed by atoms with van der Waals surface area (Å²) in [5, 5.41) is 9.97. The van der Waals surface area contributed by atoms with E-state index in [1.807, 2.05) is 0 Å². The van der Waals surface area contributed by atoms with Crippen molar-refractivity contribution in [3.63, 3.8) is 0 Å². The molecule has 1 heterocycles. The van der Waals surface area contributed by atoms with Gasteiger partial charge in [0, 0.05) is 18.1 Å². The van der Waals surface area contributed by atoms with E-state index >= 15 is 0 Å². The van der Waals surface area contributed by atoms with E-state index in [1.165, 1.54) is 6.07 Å². The summed E-state index contributed by atoms with van der Waals surface area (Å²) in [7, 11) is 0. The van der Waals surface area contributed by atoms with Gasteiger partial charge in [0.1, 0.15) is 16.0 Å². The summed E-state index contributed by atoms with van der Waals surface area (Å²) in [6, 6.07) is 4.77. The molecule has 0 aliphatic heterocycles. The molecule has 0 spiro atoms. The zero-order chi connectivity index (χ0) is 13.3. The highest BCUT2D eigenvalue weighted by Crippen LogP contribution is 2.36. The number of hydrogen-bond donors (Lipinski definition) is 1. The molecule has 0 aliphatic rings. The van der Waals surface area contributed by atoms with Crippen LogP contribution in [0.2, 0.25) is 8.67 Å². The van der Waals surface area contributed by atoms with E-state index in [-0.39, 0.29) is 12.0 Å². The fraction of sp³-hybridized carbons (Fsp3) is 0.167. The van der Waals surface area contributed by atoms with Gasteiger partial charge in [-0.05, 0) is 17.7 Å². The van der Waals surface area contributed by atoms with Crippen molar-refractivity contribution in [1.82, 2.24) is 0 Å². The third kappa shape index (κ3) is 3.01. The third-order valence-electron chi connectivity index (χ3n) is 2.47. The maximum Gasteiger partial charge on any atom is 0.129 e. The Balaban J connectivity index is 2.21. The highest BCUT2D eigenvalue weighted by molar-refractivity contribution is 7.20. The summed E-state index contributed by atoms with van der Waals surface area (Å²) in [5.41, 5.74) is 0.678. The van der Waals surface area contributed by atoms with Crippen LogP contribution in [-0.2, 0) is 6.42 Å². The summed E-state index contributed by atoms with van der Waals surface area (Å²) >= 11 is 12.8. The second kappa shape index (κ2) is 5.53. The average molecular weight is 309 g/mol. The molecule has 1 N–H and O–H groups in total. The van der Waals surface area contributed by atoms with Crippen LogP contribution in [0.15, 0.2) is 24.3 Å². The van der Waals surface area contributed by atoms with Gasteiger partial charge in [-0.3, -0.25) is 0 Å². The Kier molecular flexibility index (Phi) is 4.22. The normalized spacial score (nSPS) is 12.7. The summed E-state index contributed by atoms with van der Waals surface area (Å²) in [4.78, 5) is 0. The minimum atomic E-state index is -0.971. The summed E-state index contributed by atoms with van der Waals surface area (Å²) in [6.07, 6.45) is -0.958. The monoisotopic (exact) mass is 308 g/mol. The molecular weight excluding hydrogens is 301 g/mol. The van der Waals surface area contributed by atoms with Gasteiger partial charge in [0.15, 0.2) is 0 Å². The smallest absolute Gasteiger partial charge is 0.129 e. The molecular formula is C12H8Cl2F2OS. The van der Waals surface area contributed by atoms with Crippen molar-refractivity contribution in [2.24, 2.45) is 0 Å². The lowest BCUT2D eigenvalue weighted by molar-refractivity contribution is 0.177. The van der Waals surface area contributed by atoms with Crippen LogP contribution >= 0.6 is 34.5 Å². The predicted octanol–water partition coefficient (Wildman–Crippen LogP) is 4.61. The van der Waals surface area contributed by atoms with Gasteiger partial charge < -0.3 is 5.11 Å². The van der Waals surface area contributed by atoms with Gasteiger partial charge >= 0.3 is 0 Å². The Labute approximate surface area is 117 Å². The van der Waals surface area contributed by atoms with Gasteiger partial charge in [0.25, 0.3) is 0 Å². The van der Waals surface area contributed by atoms with Crippen molar-refractivity contribution in [1.29, 1.82) is 0 Å². The number of thiophene rings is 1. The SMILES string of the molecule is OC(Cc1ccc(F)cc1F)c1cc(Cl)sc1Cl. The molecule has 1 aromatic heterocycles. The van der Waals surface area contributed by atoms with E-state index in [1.54, 1.807) is 6.07 Å². The summed E-state index contributed by atoms with van der Waals surface area (Å²) in [6.45, 7) is 0. The fourth-order valence-electron chi connectivity index (χ4n) is 1.59. The Morgan fingerprint density at radius 3 is 2.50 bits per heavy atom. The van der Waals surface area contributed by atoms with Crippen LogP contribution in [0.5, 0.6) is 0 Å². The van der Waals surface area contributed by atoms with Crippen LogP contribution in [-0.4, -0.2) is 5.11 Å². The maximum atomic E-state index is 13.4. The zero-order valence-electron chi connectivity index (χ0n) is 8.96.